The van der Waals surface area contributed by atoms with Crippen LogP contribution in [0, 0.1) is 6.92 Å². The predicted octanol–water partition coefficient (Wildman–Crippen LogP) is 7.08. The van der Waals surface area contributed by atoms with Gasteiger partial charge in [0.2, 0.25) is 0 Å². The van der Waals surface area contributed by atoms with Crippen molar-refractivity contribution in [3.05, 3.63) is 81.8 Å². The minimum Gasteiger partial charge on any atom is -0.505 e. The quantitative estimate of drug-likeness (QED) is 0.170. The molecule has 0 aromatic heterocycles. The number of aromatic hydroxyl groups is 1. The molecule has 0 aliphatic carbocycles. The fourth-order valence-electron chi connectivity index (χ4n) is 3.58. The van der Waals surface area contributed by atoms with Gasteiger partial charge in [0, 0.05) is 11.5 Å². The predicted molar refractivity (Wildman–Crippen MR) is 142 cm³/mol. The molecule has 4 rings (SSSR count). The van der Waals surface area contributed by atoms with Gasteiger partial charge in [0.1, 0.15) is 22.0 Å². The summed E-state index contributed by atoms with van der Waals surface area (Å²) >= 11 is 12.3. The summed E-state index contributed by atoms with van der Waals surface area (Å²) in [6, 6.07) is 15.8. The van der Waals surface area contributed by atoms with Crippen molar-refractivity contribution in [1.29, 1.82) is 0 Å². The van der Waals surface area contributed by atoms with Gasteiger partial charge in [-0.3, -0.25) is 9.35 Å². The highest BCUT2D eigenvalue weighted by molar-refractivity contribution is 7.86. The molecule has 12 heteroatoms. The maximum atomic E-state index is 13.2. The molecule has 0 bridgehead atoms. The van der Waals surface area contributed by atoms with Crippen molar-refractivity contribution in [2.45, 2.75) is 11.8 Å². The number of halogens is 2. The van der Waals surface area contributed by atoms with E-state index in [-0.39, 0.29) is 32.7 Å². The first-order chi connectivity index (χ1) is 17.5. The summed E-state index contributed by atoms with van der Waals surface area (Å²) in [6.45, 7) is 1.56. The van der Waals surface area contributed by atoms with Gasteiger partial charge in [0.25, 0.3) is 16.0 Å². The van der Waals surface area contributed by atoms with Crippen molar-refractivity contribution in [3.63, 3.8) is 0 Å². The molecule has 190 valence electrons. The molecule has 0 spiro atoms. The first kappa shape index (κ1) is 26.4. The number of hydrogen-bond acceptors (Lipinski definition) is 7. The third-order valence-electron chi connectivity index (χ3n) is 5.45. The zero-order valence-corrected chi connectivity index (χ0v) is 21.7. The summed E-state index contributed by atoms with van der Waals surface area (Å²) in [4.78, 5) is 12.5. The fourth-order valence-corrected chi connectivity index (χ4v) is 4.96. The molecule has 37 heavy (non-hydrogen) atoms. The standard InChI is InChI=1S/C25H19Cl2N3O6S/c1-13-7-10-19(24(21(13)27)37(33,34)35)29-30-22-16-6-4-3-5-14(16)11-17(23(22)31)25(32)28-20-12-15(36-2)8-9-18(20)26/h3-12,31H,1-2H3,(H,28,32)(H,33,34,35). The summed E-state index contributed by atoms with van der Waals surface area (Å²) in [5, 5.41) is 22.7. The second-order valence-corrected chi connectivity index (χ2v) is 10.0. The Morgan fingerprint density at radius 3 is 2.46 bits per heavy atom. The largest absolute Gasteiger partial charge is 0.505 e. The van der Waals surface area contributed by atoms with Crippen molar-refractivity contribution in [2.75, 3.05) is 12.4 Å². The van der Waals surface area contributed by atoms with Crippen LogP contribution in [0.15, 0.2) is 75.8 Å². The molecule has 4 aromatic rings. The van der Waals surface area contributed by atoms with Crippen molar-refractivity contribution >= 4 is 67.1 Å². The SMILES string of the molecule is COc1ccc(Cl)c(NC(=O)c2cc3ccccc3c(N=Nc3ccc(C)c(Cl)c3S(=O)(=O)O)c2O)c1. The van der Waals surface area contributed by atoms with Crippen molar-refractivity contribution in [3.8, 4) is 11.5 Å². The highest BCUT2D eigenvalue weighted by atomic mass is 35.5. The van der Waals surface area contributed by atoms with Crippen LogP contribution in [-0.4, -0.2) is 31.1 Å². The van der Waals surface area contributed by atoms with Crippen LogP contribution in [0.3, 0.4) is 0 Å². The fraction of sp³-hybridized carbons (Fsp3) is 0.0800. The molecule has 0 aliphatic heterocycles. The summed E-state index contributed by atoms with van der Waals surface area (Å²) in [5.41, 5.74) is 0.173. The number of nitrogens with zero attached hydrogens (tertiary/aromatic N) is 2. The van der Waals surface area contributed by atoms with E-state index in [0.29, 0.717) is 22.1 Å². The van der Waals surface area contributed by atoms with Crippen LogP contribution < -0.4 is 10.1 Å². The second kappa shape index (κ2) is 10.3. The molecule has 0 atom stereocenters. The third-order valence-corrected chi connectivity index (χ3v) is 7.30. The van der Waals surface area contributed by atoms with Gasteiger partial charge in [0.15, 0.2) is 5.75 Å². The van der Waals surface area contributed by atoms with Gasteiger partial charge in [-0.15, -0.1) is 10.2 Å². The number of methoxy groups -OCH3 is 1. The number of ether oxygens (including phenoxy) is 1. The lowest BCUT2D eigenvalue weighted by atomic mass is 10.0. The molecule has 4 aromatic carbocycles. The van der Waals surface area contributed by atoms with E-state index < -0.39 is 26.7 Å². The monoisotopic (exact) mass is 559 g/mol. The van der Waals surface area contributed by atoms with E-state index in [2.05, 4.69) is 15.5 Å². The molecular formula is C25H19Cl2N3O6S. The minimum atomic E-state index is -4.74. The Kier molecular flexibility index (Phi) is 7.37. The van der Waals surface area contributed by atoms with E-state index in [1.165, 1.54) is 31.4 Å². The number of rotatable bonds is 6. The normalized spacial score (nSPS) is 11.7. The van der Waals surface area contributed by atoms with E-state index in [1.54, 1.807) is 43.3 Å². The number of amides is 1. The van der Waals surface area contributed by atoms with Crippen LogP contribution >= 0.6 is 23.2 Å². The van der Waals surface area contributed by atoms with Crippen molar-refractivity contribution in [1.82, 2.24) is 0 Å². The zero-order valence-electron chi connectivity index (χ0n) is 19.4. The topological polar surface area (TPSA) is 138 Å². The van der Waals surface area contributed by atoms with Crippen LogP contribution in [-0.2, 0) is 10.1 Å². The first-order valence-corrected chi connectivity index (χ1v) is 12.8. The first-order valence-electron chi connectivity index (χ1n) is 10.6. The average Bonchev–Trinajstić information content (AvgIpc) is 2.85. The number of phenolic OH excluding ortho intramolecular Hbond substituents is 1. The molecule has 0 aliphatic rings. The lowest BCUT2D eigenvalue weighted by Gasteiger charge is -2.13. The van der Waals surface area contributed by atoms with Gasteiger partial charge in [0.05, 0.1) is 28.4 Å². The maximum absolute atomic E-state index is 13.2. The van der Waals surface area contributed by atoms with Crippen LogP contribution in [0.5, 0.6) is 11.5 Å². The Bertz CT molecular complexity index is 1690. The molecule has 0 unspecified atom stereocenters. The molecule has 0 fully saturated rings. The third kappa shape index (κ3) is 5.37. The molecule has 0 radical (unpaired) electrons. The van der Waals surface area contributed by atoms with Crippen LogP contribution in [0.2, 0.25) is 10.0 Å². The molecule has 0 saturated carbocycles. The maximum Gasteiger partial charge on any atom is 0.298 e. The lowest BCUT2D eigenvalue weighted by molar-refractivity contribution is 0.102. The van der Waals surface area contributed by atoms with Gasteiger partial charge < -0.3 is 15.2 Å². The Balaban J connectivity index is 1.84. The molecular weight excluding hydrogens is 541 g/mol. The van der Waals surface area contributed by atoms with Gasteiger partial charge >= 0.3 is 0 Å². The second-order valence-electron chi connectivity index (χ2n) is 7.86. The number of carbonyl (C=O) groups is 1. The number of carbonyl (C=O) groups excluding carboxylic acids is 1. The zero-order chi connectivity index (χ0) is 26.9. The number of aryl methyl sites for hydroxylation is 1. The highest BCUT2D eigenvalue weighted by Crippen LogP contribution is 2.41. The van der Waals surface area contributed by atoms with Crippen molar-refractivity contribution in [2.24, 2.45) is 10.2 Å². The van der Waals surface area contributed by atoms with E-state index in [9.17, 15) is 22.9 Å². The summed E-state index contributed by atoms with van der Waals surface area (Å²) in [6.07, 6.45) is 0. The van der Waals surface area contributed by atoms with Gasteiger partial charge in [-0.2, -0.15) is 8.42 Å². The average molecular weight is 560 g/mol. The summed E-state index contributed by atoms with van der Waals surface area (Å²) in [5.74, 6) is -0.735. The smallest absolute Gasteiger partial charge is 0.298 e. The van der Waals surface area contributed by atoms with Gasteiger partial charge in [-0.25, -0.2) is 0 Å². The van der Waals surface area contributed by atoms with E-state index in [0.717, 1.165) is 0 Å². The number of nitrogens with one attached hydrogen (secondary N) is 1. The Labute approximate surface area is 222 Å². The minimum absolute atomic E-state index is 0.0991. The van der Waals surface area contributed by atoms with Crippen LogP contribution in [0.25, 0.3) is 10.8 Å². The molecule has 0 heterocycles. The number of azo groups is 1. The van der Waals surface area contributed by atoms with E-state index in [4.69, 9.17) is 27.9 Å². The molecule has 0 saturated heterocycles. The number of benzene rings is 4. The van der Waals surface area contributed by atoms with Crippen LogP contribution in [0.1, 0.15) is 15.9 Å². The van der Waals surface area contributed by atoms with E-state index >= 15 is 0 Å². The highest BCUT2D eigenvalue weighted by Gasteiger charge is 2.23. The van der Waals surface area contributed by atoms with E-state index in [1.807, 2.05) is 0 Å². The van der Waals surface area contributed by atoms with Gasteiger partial charge in [-0.1, -0.05) is 53.5 Å². The lowest BCUT2D eigenvalue weighted by Crippen LogP contribution is -2.12. The number of anilines is 1. The van der Waals surface area contributed by atoms with Crippen LogP contribution in [0.4, 0.5) is 17.1 Å². The Morgan fingerprint density at radius 1 is 1.03 bits per heavy atom. The summed E-state index contributed by atoms with van der Waals surface area (Å²) < 4.78 is 38.8. The molecule has 1 amide bonds. The molecule has 9 nitrogen and oxygen atoms in total. The Morgan fingerprint density at radius 2 is 1.76 bits per heavy atom. The Hall–Kier alpha value is -3.70. The summed E-state index contributed by atoms with van der Waals surface area (Å²) in [7, 11) is -3.28. The van der Waals surface area contributed by atoms with Crippen molar-refractivity contribution < 1.29 is 27.6 Å². The molecule has 3 N–H and O–H groups in total. The van der Waals surface area contributed by atoms with Gasteiger partial charge in [-0.05, 0) is 42.1 Å². The number of phenols is 1. The number of fused-ring (bicyclic) bond motifs is 1. The number of hydrogen-bond donors (Lipinski definition) is 3.